The predicted molar refractivity (Wildman–Crippen MR) is 103 cm³/mol. The van der Waals surface area contributed by atoms with E-state index in [9.17, 15) is 0 Å². The number of imidazole rings is 1. The second-order valence-electron chi connectivity index (χ2n) is 6.72. The van der Waals surface area contributed by atoms with Crippen molar-refractivity contribution in [2.45, 2.75) is 39.8 Å². The van der Waals surface area contributed by atoms with Crippen LogP contribution in [0.15, 0.2) is 36.7 Å². The maximum Gasteiger partial charge on any atom is 0.183 e. The zero-order valence-electron chi connectivity index (χ0n) is 15.3. The molecule has 0 saturated carbocycles. The zero-order chi connectivity index (χ0) is 17.8. The Balaban J connectivity index is 1.77. The van der Waals surface area contributed by atoms with Crippen molar-refractivity contribution in [2.75, 3.05) is 18.4 Å². The predicted octanol–water partition coefficient (Wildman–Crippen LogP) is 3.55. The highest BCUT2D eigenvalue weighted by atomic mass is 15.2. The highest BCUT2D eigenvalue weighted by Crippen LogP contribution is 2.22. The number of hydrogen-bond acceptors (Lipinski definition) is 5. The SMILES string of the molecule is CC(C)N(CCNc1ncnc2nc(-c3ccccc3)[nH]c12)C(C)C. The number of H-pyrrole nitrogens is 1. The third-order valence-corrected chi connectivity index (χ3v) is 4.32. The van der Waals surface area contributed by atoms with Crippen LogP contribution in [0.4, 0.5) is 5.82 Å². The summed E-state index contributed by atoms with van der Waals surface area (Å²) in [7, 11) is 0. The van der Waals surface area contributed by atoms with Gasteiger partial charge in [0.25, 0.3) is 0 Å². The Kier molecular flexibility index (Phi) is 5.28. The lowest BCUT2D eigenvalue weighted by Crippen LogP contribution is -2.40. The van der Waals surface area contributed by atoms with Gasteiger partial charge in [-0.15, -0.1) is 0 Å². The third-order valence-electron chi connectivity index (χ3n) is 4.32. The van der Waals surface area contributed by atoms with Crippen LogP contribution in [-0.2, 0) is 0 Å². The quantitative estimate of drug-likeness (QED) is 0.689. The standard InChI is InChI=1S/C19H26N6/c1-13(2)25(14(3)4)11-10-20-18-16-19(22-12-21-18)24-17(23-16)15-8-6-5-7-9-15/h5-9,12-14H,10-11H2,1-4H3,(H2,20,21,22,23,24). The van der Waals surface area contributed by atoms with Gasteiger partial charge >= 0.3 is 0 Å². The maximum atomic E-state index is 4.59. The second-order valence-corrected chi connectivity index (χ2v) is 6.72. The molecule has 0 unspecified atom stereocenters. The number of benzene rings is 1. The molecule has 0 aliphatic rings. The van der Waals surface area contributed by atoms with Gasteiger partial charge in [0.15, 0.2) is 11.5 Å². The summed E-state index contributed by atoms with van der Waals surface area (Å²) >= 11 is 0. The molecule has 0 radical (unpaired) electrons. The highest BCUT2D eigenvalue weighted by Gasteiger charge is 2.14. The van der Waals surface area contributed by atoms with Gasteiger partial charge in [0.1, 0.15) is 17.7 Å². The maximum absolute atomic E-state index is 4.59. The Labute approximate surface area is 148 Å². The van der Waals surface area contributed by atoms with Crippen LogP contribution < -0.4 is 5.32 Å². The van der Waals surface area contributed by atoms with Gasteiger partial charge in [-0.25, -0.2) is 15.0 Å². The van der Waals surface area contributed by atoms with Crippen molar-refractivity contribution in [1.82, 2.24) is 24.8 Å². The molecule has 2 N–H and O–H groups in total. The highest BCUT2D eigenvalue weighted by molar-refractivity contribution is 5.85. The fourth-order valence-corrected chi connectivity index (χ4v) is 3.11. The molecule has 0 amide bonds. The second kappa shape index (κ2) is 7.61. The molecule has 1 aromatic carbocycles. The Bertz CT molecular complexity index is 801. The first-order chi connectivity index (χ1) is 12.1. The average molecular weight is 338 g/mol. The molecule has 6 heteroatoms. The van der Waals surface area contributed by atoms with E-state index >= 15 is 0 Å². The van der Waals surface area contributed by atoms with Crippen LogP contribution in [0.2, 0.25) is 0 Å². The summed E-state index contributed by atoms with van der Waals surface area (Å²) in [6, 6.07) is 11.1. The third kappa shape index (κ3) is 3.96. The van der Waals surface area contributed by atoms with Crippen molar-refractivity contribution in [3.05, 3.63) is 36.7 Å². The normalized spacial score (nSPS) is 11.8. The van der Waals surface area contributed by atoms with Crippen LogP contribution in [0.3, 0.4) is 0 Å². The van der Waals surface area contributed by atoms with E-state index in [1.54, 1.807) is 6.33 Å². The largest absolute Gasteiger partial charge is 0.367 e. The molecule has 25 heavy (non-hydrogen) atoms. The molecule has 132 valence electrons. The van der Waals surface area contributed by atoms with Gasteiger partial charge < -0.3 is 10.3 Å². The minimum Gasteiger partial charge on any atom is -0.367 e. The van der Waals surface area contributed by atoms with Gasteiger partial charge in [-0.1, -0.05) is 30.3 Å². The van der Waals surface area contributed by atoms with Crippen LogP contribution >= 0.6 is 0 Å². The summed E-state index contributed by atoms with van der Waals surface area (Å²) in [6.07, 6.45) is 1.56. The lowest BCUT2D eigenvalue weighted by molar-refractivity contribution is 0.182. The molecule has 3 aromatic rings. The Morgan fingerprint density at radius 2 is 1.76 bits per heavy atom. The molecule has 2 aromatic heterocycles. The van der Waals surface area contributed by atoms with E-state index in [4.69, 9.17) is 0 Å². The molecule has 0 atom stereocenters. The fourth-order valence-electron chi connectivity index (χ4n) is 3.11. The molecule has 0 fully saturated rings. The number of rotatable bonds is 7. The number of nitrogens with zero attached hydrogens (tertiary/aromatic N) is 4. The minimum absolute atomic E-state index is 0.518. The zero-order valence-corrected chi connectivity index (χ0v) is 15.3. The summed E-state index contributed by atoms with van der Waals surface area (Å²) in [5.74, 6) is 1.61. The number of anilines is 1. The van der Waals surface area contributed by atoms with Crippen LogP contribution in [-0.4, -0.2) is 50.0 Å². The van der Waals surface area contributed by atoms with Crippen molar-refractivity contribution in [2.24, 2.45) is 0 Å². The summed E-state index contributed by atoms with van der Waals surface area (Å²) in [5, 5.41) is 3.43. The number of nitrogens with one attached hydrogen (secondary N) is 2. The van der Waals surface area contributed by atoms with Gasteiger partial charge in [-0.3, -0.25) is 4.90 Å². The molecule has 0 aliphatic heterocycles. The number of fused-ring (bicyclic) bond motifs is 1. The Morgan fingerprint density at radius 1 is 1.04 bits per heavy atom. The van der Waals surface area contributed by atoms with Crippen LogP contribution in [0.25, 0.3) is 22.6 Å². The number of hydrogen-bond donors (Lipinski definition) is 2. The fraction of sp³-hybridized carbons (Fsp3) is 0.421. The topological polar surface area (TPSA) is 69.7 Å². The van der Waals surface area contributed by atoms with E-state index in [0.29, 0.717) is 17.7 Å². The van der Waals surface area contributed by atoms with Gasteiger partial charge in [0.2, 0.25) is 0 Å². The molecule has 0 saturated heterocycles. The van der Waals surface area contributed by atoms with Crippen LogP contribution in [0, 0.1) is 0 Å². The Hall–Kier alpha value is -2.47. The van der Waals surface area contributed by atoms with Crippen molar-refractivity contribution in [1.29, 1.82) is 0 Å². The number of aromatic nitrogens is 4. The molecular formula is C19H26N6. The van der Waals surface area contributed by atoms with E-state index in [2.05, 4.69) is 57.8 Å². The Morgan fingerprint density at radius 3 is 2.44 bits per heavy atom. The lowest BCUT2D eigenvalue weighted by Gasteiger charge is -2.30. The molecule has 2 heterocycles. The van der Waals surface area contributed by atoms with Crippen molar-refractivity contribution >= 4 is 17.0 Å². The van der Waals surface area contributed by atoms with Gasteiger partial charge in [-0.05, 0) is 27.7 Å². The van der Waals surface area contributed by atoms with Crippen molar-refractivity contribution in [3.63, 3.8) is 0 Å². The first kappa shape index (κ1) is 17.4. The van der Waals surface area contributed by atoms with Gasteiger partial charge in [0.05, 0.1) is 0 Å². The summed E-state index contributed by atoms with van der Waals surface area (Å²) in [6.45, 7) is 10.7. The first-order valence-electron chi connectivity index (χ1n) is 8.82. The van der Waals surface area contributed by atoms with E-state index < -0.39 is 0 Å². The summed E-state index contributed by atoms with van der Waals surface area (Å²) in [4.78, 5) is 19.1. The van der Waals surface area contributed by atoms with E-state index in [1.807, 2.05) is 30.3 Å². The monoisotopic (exact) mass is 338 g/mol. The van der Waals surface area contributed by atoms with Crippen molar-refractivity contribution in [3.8, 4) is 11.4 Å². The summed E-state index contributed by atoms with van der Waals surface area (Å²) < 4.78 is 0. The smallest absolute Gasteiger partial charge is 0.183 e. The van der Waals surface area contributed by atoms with E-state index in [1.165, 1.54) is 0 Å². The van der Waals surface area contributed by atoms with Crippen LogP contribution in [0.5, 0.6) is 0 Å². The molecular weight excluding hydrogens is 312 g/mol. The molecule has 3 rings (SSSR count). The van der Waals surface area contributed by atoms with E-state index in [0.717, 1.165) is 35.8 Å². The average Bonchev–Trinajstić information content (AvgIpc) is 3.03. The number of aromatic amines is 1. The molecule has 0 spiro atoms. The lowest BCUT2D eigenvalue weighted by atomic mass is 10.2. The summed E-state index contributed by atoms with van der Waals surface area (Å²) in [5.41, 5.74) is 2.57. The first-order valence-corrected chi connectivity index (χ1v) is 8.82. The molecule has 0 aliphatic carbocycles. The van der Waals surface area contributed by atoms with E-state index in [-0.39, 0.29) is 0 Å². The van der Waals surface area contributed by atoms with Gasteiger partial charge in [-0.2, -0.15) is 0 Å². The molecule has 6 nitrogen and oxygen atoms in total. The minimum atomic E-state index is 0.518. The van der Waals surface area contributed by atoms with Gasteiger partial charge in [0, 0.05) is 30.7 Å². The molecule has 0 bridgehead atoms. The van der Waals surface area contributed by atoms with Crippen LogP contribution in [0.1, 0.15) is 27.7 Å². The van der Waals surface area contributed by atoms with Crippen molar-refractivity contribution < 1.29 is 0 Å².